The molecule has 1 unspecified atom stereocenters. The van der Waals surface area contributed by atoms with E-state index in [-0.39, 0.29) is 0 Å². The molecule has 0 heterocycles. The van der Waals surface area contributed by atoms with Gasteiger partial charge in [0, 0.05) is 24.8 Å². The standard InChI is InChI=1S/C15H24N2/c1-6-17(11-12(2)3)15-10-8-7-9-14(15)13(4)16-5/h7-10,13,16H,2,6,11H2,1,3-5H3. The predicted molar refractivity (Wildman–Crippen MR) is 76.6 cm³/mol. The molecule has 0 saturated carbocycles. The average molecular weight is 232 g/mol. The van der Waals surface area contributed by atoms with Crippen molar-refractivity contribution in [3.05, 3.63) is 42.0 Å². The maximum absolute atomic E-state index is 4.01. The van der Waals surface area contributed by atoms with Crippen LogP contribution in [0.3, 0.4) is 0 Å². The van der Waals surface area contributed by atoms with Crippen LogP contribution in [0.1, 0.15) is 32.4 Å². The van der Waals surface area contributed by atoms with Gasteiger partial charge in [0.1, 0.15) is 0 Å². The number of para-hydroxylation sites is 1. The number of nitrogens with zero attached hydrogens (tertiary/aromatic N) is 1. The lowest BCUT2D eigenvalue weighted by atomic mass is 10.0. The van der Waals surface area contributed by atoms with E-state index in [2.05, 4.69) is 61.8 Å². The second kappa shape index (κ2) is 6.45. The van der Waals surface area contributed by atoms with Crippen LogP contribution < -0.4 is 10.2 Å². The van der Waals surface area contributed by atoms with Crippen LogP contribution in [-0.2, 0) is 0 Å². The van der Waals surface area contributed by atoms with Crippen LogP contribution in [-0.4, -0.2) is 20.1 Å². The molecule has 0 saturated heterocycles. The minimum Gasteiger partial charge on any atom is -0.368 e. The lowest BCUT2D eigenvalue weighted by Crippen LogP contribution is -2.27. The van der Waals surface area contributed by atoms with E-state index in [0.29, 0.717) is 6.04 Å². The maximum atomic E-state index is 4.01. The van der Waals surface area contributed by atoms with Gasteiger partial charge in [-0.05, 0) is 39.4 Å². The Morgan fingerprint density at radius 1 is 1.41 bits per heavy atom. The number of benzene rings is 1. The highest BCUT2D eigenvalue weighted by Gasteiger charge is 2.12. The van der Waals surface area contributed by atoms with E-state index in [0.717, 1.165) is 13.1 Å². The number of likely N-dealkylation sites (N-methyl/N-ethyl adjacent to an activating group) is 1. The second-order valence-electron chi connectivity index (χ2n) is 4.54. The molecule has 17 heavy (non-hydrogen) atoms. The fourth-order valence-corrected chi connectivity index (χ4v) is 1.99. The third-order valence-electron chi connectivity index (χ3n) is 3.02. The first-order valence-electron chi connectivity index (χ1n) is 6.25. The van der Waals surface area contributed by atoms with Crippen molar-refractivity contribution in [3.63, 3.8) is 0 Å². The molecule has 0 aliphatic heterocycles. The van der Waals surface area contributed by atoms with Gasteiger partial charge in [0.15, 0.2) is 0 Å². The zero-order valence-electron chi connectivity index (χ0n) is 11.5. The van der Waals surface area contributed by atoms with E-state index < -0.39 is 0 Å². The average Bonchev–Trinajstić information content (AvgIpc) is 2.34. The number of hydrogen-bond donors (Lipinski definition) is 1. The van der Waals surface area contributed by atoms with Gasteiger partial charge < -0.3 is 10.2 Å². The van der Waals surface area contributed by atoms with Crippen molar-refractivity contribution >= 4 is 5.69 Å². The summed E-state index contributed by atoms with van der Waals surface area (Å²) in [5, 5.41) is 3.30. The van der Waals surface area contributed by atoms with Crippen molar-refractivity contribution in [1.29, 1.82) is 0 Å². The van der Waals surface area contributed by atoms with Crippen LogP contribution in [0.2, 0.25) is 0 Å². The Morgan fingerprint density at radius 2 is 2.06 bits per heavy atom. The van der Waals surface area contributed by atoms with E-state index in [1.54, 1.807) is 0 Å². The normalized spacial score (nSPS) is 12.2. The summed E-state index contributed by atoms with van der Waals surface area (Å²) in [7, 11) is 2.00. The number of hydrogen-bond acceptors (Lipinski definition) is 2. The zero-order valence-corrected chi connectivity index (χ0v) is 11.5. The summed E-state index contributed by atoms with van der Waals surface area (Å²) in [5.41, 5.74) is 3.84. The molecule has 1 rings (SSSR count). The molecule has 1 N–H and O–H groups in total. The molecule has 0 aliphatic rings. The molecule has 1 aromatic carbocycles. The predicted octanol–water partition coefficient (Wildman–Crippen LogP) is 3.37. The molecule has 2 nitrogen and oxygen atoms in total. The molecular formula is C15H24N2. The first kappa shape index (κ1) is 13.8. The molecular weight excluding hydrogens is 208 g/mol. The van der Waals surface area contributed by atoms with Crippen LogP contribution in [0, 0.1) is 0 Å². The lowest BCUT2D eigenvalue weighted by Gasteiger charge is -2.27. The molecule has 1 atom stereocenters. The summed E-state index contributed by atoms with van der Waals surface area (Å²) in [4.78, 5) is 2.37. The fraction of sp³-hybridized carbons (Fsp3) is 0.467. The van der Waals surface area contributed by atoms with Gasteiger partial charge in [0.25, 0.3) is 0 Å². The van der Waals surface area contributed by atoms with Crippen LogP contribution >= 0.6 is 0 Å². The maximum Gasteiger partial charge on any atom is 0.0417 e. The minimum absolute atomic E-state index is 0.366. The molecule has 1 aromatic rings. The molecule has 0 spiro atoms. The van der Waals surface area contributed by atoms with Gasteiger partial charge in [-0.1, -0.05) is 30.4 Å². The van der Waals surface area contributed by atoms with E-state index in [1.165, 1.54) is 16.8 Å². The third kappa shape index (κ3) is 3.60. The SMILES string of the molecule is C=C(C)CN(CC)c1ccccc1C(C)NC. The summed E-state index contributed by atoms with van der Waals surface area (Å²) >= 11 is 0. The Balaban J connectivity index is 3.05. The first-order chi connectivity index (χ1) is 8.10. The quantitative estimate of drug-likeness (QED) is 0.757. The Morgan fingerprint density at radius 3 is 2.59 bits per heavy atom. The number of nitrogens with one attached hydrogen (secondary N) is 1. The molecule has 2 heteroatoms. The van der Waals surface area contributed by atoms with Crippen LogP contribution in [0.15, 0.2) is 36.4 Å². The Labute approximate surface area is 105 Å². The van der Waals surface area contributed by atoms with Crippen LogP contribution in [0.5, 0.6) is 0 Å². The van der Waals surface area contributed by atoms with E-state index in [9.17, 15) is 0 Å². The van der Waals surface area contributed by atoms with E-state index >= 15 is 0 Å². The van der Waals surface area contributed by atoms with E-state index in [4.69, 9.17) is 0 Å². The first-order valence-corrected chi connectivity index (χ1v) is 6.25. The Kier molecular flexibility index (Phi) is 5.23. The van der Waals surface area contributed by atoms with Gasteiger partial charge in [0.05, 0.1) is 0 Å². The van der Waals surface area contributed by atoms with Gasteiger partial charge in [-0.3, -0.25) is 0 Å². The third-order valence-corrected chi connectivity index (χ3v) is 3.02. The zero-order chi connectivity index (χ0) is 12.8. The van der Waals surface area contributed by atoms with Crippen molar-refractivity contribution in [3.8, 4) is 0 Å². The summed E-state index contributed by atoms with van der Waals surface area (Å²) in [6.07, 6.45) is 0. The summed E-state index contributed by atoms with van der Waals surface area (Å²) in [6, 6.07) is 8.95. The molecule has 0 aliphatic carbocycles. The van der Waals surface area contributed by atoms with Crippen LogP contribution in [0.25, 0.3) is 0 Å². The Bertz CT molecular complexity index is 371. The monoisotopic (exact) mass is 232 g/mol. The van der Waals surface area contributed by atoms with Gasteiger partial charge >= 0.3 is 0 Å². The summed E-state index contributed by atoms with van der Waals surface area (Å²) in [6.45, 7) is 12.4. The highest BCUT2D eigenvalue weighted by atomic mass is 15.1. The smallest absolute Gasteiger partial charge is 0.0417 e. The van der Waals surface area contributed by atoms with Crippen molar-refractivity contribution in [2.75, 3.05) is 25.0 Å². The minimum atomic E-state index is 0.366. The topological polar surface area (TPSA) is 15.3 Å². The van der Waals surface area contributed by atoms with Gasteiger partial charge in [0.2, 0.25) is 0 Å². The highest BCUT2D eigenvalue weighted by Crippen LogP contribution is 2.26. The number of rotatable bonds is 6. The van der Waals surface area contributed by atoms with Crippen molar-refractivity contribution in [2.45, 2.75) is 26.8 Å². The molecule has 0 fully saturated rings. The fourth-order valence-electron chi connectivity index (χ4n) is 1.99. The van der Waals surface area contributed by atoms with Crippen LogP contribution in [0.4, 0.5) is 5.69 Å². The molecule has 0 radical (unpaired) electrons. The summed E-state index contributed by atoms with van der Waals surface area (Å²) < 4.78 is 0. The van der Waals surface area contributed by atoms with Crippen molar-refractivity contribution in [2.24, 2.45) is 0 Å². The van der Waals surface area contributed by atoms with Gasteiger partial charge in [-0.15, -0.1) is 0 Å². The Hall–Kier alpha value is -1.28. The highest BCUT2D eigenvalue weighted by molar-refractivity contribution is 5.55. The van der Waals surface area contributed by atoms with Crippen molar-refractivity contribution < 1.29 is 0 Å². The van der Waals surface area contributed by atoms with E-state index in [1.807, 2.05) is 7.05 Å². The second-order valence-corrected chi connectivity index (χ2v) is 4.54. The van der Waals surface area contributed by atoms with Crippen molar-refractivity contribution in [1.82, 2.24) is 5.32 Å². The molecule has 0 aromatic heterocycles. The lowest BCUT2D eigenvalue weighted by molar-refractivity contribution is 0.649. The largest absolute Gasteiger partial charge is 0.368 e. The molecule has 0 amide bonds. The number of anilines is 1. The van der Waals surface area contributed by atoms with Gasteiger partial charge in [-0.2, -0.15) is 0 Å². The molecule has 94 valence electrons. The summed E-state index contributed by atoms with van der Waals surface area (Å²) in [5.74, 6) is 0. The molecule has 0 bridgehead atoms. The van der Waals surface area contributed by atoms with Gasteiger partial charge in [-0.25, -0.2) is 0 Å².